The Bertz CT molecular complexity index is 552. The van der Waals surface area contributed by atoms with Gasteiger partial charge in [0.05, 0.1) is 11.9 Å². The summed E-state index contributed by atoms with van der Waals surface area (Å²) in [6.07, 6.45) is 3.33. The van der Waals surface area contributed by atoms with Crippen molar-refractivity contribution in [1.29, 1.82) is 0 Å². The van der Waals surface area contributed by atoms with Crippen molar-refractivity contribution in [2.45, 2.75) is 17.6 Å². The van der Waals surface area contributed by atoms with Crippen molar-refractivity contribution >= 4 is 40.7 Å². The van der Waals surface area contributed by atoms with Gasteiger partial charge in [-0.05, 0) is 19.1 Å². The molecule has 2 rings (SSSR count). The Hall–Kier alpha value is -0.970. The molecule has 0 aliphatic rings. The van der Waals surface area contributed by atoms with Crippen LogP contribution in [0.25, 0.3) is 0 Å². The second kappa shape index (κ2) is 5.78. The molecule has 0 unspecified atom stereocenters. The zero-order chi connectivity index (χ0) is 13.1. The second-order valence-electron chi connectivity index (χ2n) is 3.72. The van der Waals surface area contributed by atoms with Crippen LogP contribution in [0.2, 0.25) is 10.2 Å². The van der Waals surface area contributed by atoms with Crippen LogP contribution in [-0.4, -0.2) is 9.97 Å². The molecule has 2 heterocycles. The largest absolute Gasteiger partial charge is 0.397 e. The number of nitrogens with two attached hydrogens (primary N) is 1. The summed E-state index contributed by atoms with van der Waals surface area (Å²) in [7, 11) is 0. The number of rotatable bonds is 3. The first-order chi connectivity index (χ1) is 8.58. The highest BCUT2D eigenvalue weighted by molar-refractivity contribution is 7.98. The Morgan fingerprint density at radius 2 is 2.17 bits per heavy atom. The molecule has 0 aliphatic heterocycles. The van der Waals surface area contributed by atoms with Crippen molar-refractivity contribution in [3.8, 4) is 0 Å². The molecule has 0 saturated carbocycles. The monoisotopic (exact) mass is 299 g/mol. The number of anilines is 1. The van der Waals surface area contributed by atoms with Gasteiger partial charge < -0.3 is 5.73 Å². The molecule has 0 spiro atoms. The fraction of sp³-hybridized carbons (Fsp3) is 0.167. The van der Waals surface area contributed by atoms with Gasteiger partial charge in [-0.15, -0.1) is 11.8 Å². The number of hydrogen-bond acceptors (Lipinski definition) is 4. The first-order valence-corrected chi connectivity index (χ1v) is 6.96. The van der Waals surface area contributed by atoms with E-state index in [1.54, 1.807) is 30.2 Å². The Morgan fingerprint density at radius 3 is 2.83 bits per heavy atom. The molecule has 0 aliphatic carbocycles. The number of hydrogen-bond donors (Lipinski definition) is 1. The standard InChI is InChI=1S/C12H11Cl2N3S/c1-7-4-9(13)8(12(14)17-7)6-18-11-2-3-16-5-10(11)15/h2-5H,6,15H2,1H3. The predicted molar refractivity (Wildman–Crippen MR) is 77.2 cm³/mol. The molecule has 0 bridgehead atoms. The van der Waals surface area contributed by atoms with Crippen LogP contribution >= 0.6 is 35.0 Å². The summed E-state index contributed by atoms with van der Waals surface area (Å²) in [5.41, 5.74) is 8.10. The summed E-state index contributed by atoms with van der Waals surface area (Å²) in [5, 5.41) is 1.08. The normalized spacial score (nSPS) is 10.6. The molecule has 0 fully saturated rings. The molecule has 0 atom stereocenters. The molecule has 0 radical (unpaired) electrons. The number of nitrogens with zero attached hydrogens (tertiary/aromatic N) is 2. The quantitative estimate of drug-likeness (QED) is 0.688. The van der Waals surface area contributed by atoms with Crippen molar-refractivity contribution in [1.82, 2.24) is 9.97 Å². The van der Waals surface area contributed by atoms with Crippen LogP contribution in [0, 0.1) is 6.92 Å². The summed E-state index contributed by atoms with van der Waals surface area (Å²) in [4.78, 5) is 9.09. The summed E-state index contributed by atoms with van der Waals surface area (Å²) in [5.74, 6) is 0.624. The maximum Gasteiger partial charge on any atom is 0.134 e. The highest BCUT2D eigenvalue weighted by Crippen LogP contribution is 2.32. The molecule has 18 heavy (non-hydrogen) atoms. The van der Waals surface area contributed by atoms with Crippen LogP contribution in [-0.2, 0) is 5.75 Å². The van der Waals surface area contributed by atoms with Gasteiger partial charge in [0.1, 0.15) is 5.15 Å². The van der Waals surface area contributed by atoms with E-state index < -0.39 is 0 Å². The van der Waals surface area contributed by atoms with Crippen LogP contribution < -0.4 is 5.73 Å². The molecule has 0 amide bonds. The third kappa shape index (κ3) is 3.07. The van der Waals surface area contributed by atoms with Crippen LogP contribution in [0.5, 0.6) is 0 Å². The molecule has 6 heteroatoms. The van der Waals surface area contributed by atoms with E-state index in [9.17, 15) is 0 Å². The molecular formula is C12H11Cl2N3S. The number of aryl methyl sites for hydroxylation is 1. The lowest BCUT2D eigenvalue weighted by molar-refractivity contribution is 1.16. The van der Waals surface area contributed by atoms with Crippen molar-refractivity contribution in [2.24, 2.45) is 0 Å². The molecule has 0 aromatic carbocycles. The minimum absolute atomic E-state index is 0.445. The minimum atomic E-state index is 0.445. The number of aromatic nitrogens is 2. The lowest BCUT2D eigenvalue weighted by Gasteiger charge is -2.08. The van der Waals surface area contributed by atoms with Gasteiger partial charge in [-0.25, -0.2) is 4.98 Å². The first kappa shape index (κ1) is 13.5. The van der Waals surface area contributed by atoms with E-state index >= 15 is 0 Å². The van der Waals surface area contributed by atoms with E-state index in [-0.39, 0.29) is 0 Å². The number of thioether (sulfide) groups is 1. The molecule has 2 N–H and O–H groups in total. The fourth-order valence-corrected chi connectivity index (χ4v) is 3.22. The van der Waals surface area contributed by atoms with Crippen molar-refractivity contribution in [3.63, 3.8) is 0 Å². The van der Waals surface area contributed by atoms with Crippen molar-refractivity contribution < 1.29 is 0 Å². The Balaban J connectivity index is 2.19. The zero-order valence-electron chi connectivity index (χ0n) is 9.65. The highest BCUT2D eigenvalue weighted by atomic mass is 35.5. The fourth-order valence-electron chi connectivity index (χ4n) is 1.43. The first-order valence-electron chi connectivity index (χ1n) is 5.21. The number of nitrogen functional groups attached to an aromatic ring is 1. The molecule has 2 aromatic rings. The van der Waals surface area contributed by atoms with E-state index in [1.807, 2.05) is 13.0 Å². The third-order valence-electron chi connectivity index (χ3n) is 2.33. The maximum atomic E-state index is 6.16. The SMILES string of the molecule is Cc1cc(Cl)c(CSc2ccncc2N)c(Cl)n1. The Labute approximate surface area is 120 Å². The Kier molecular flexibility index (Phi) is 4.32. The number of halogens is 2. The third-order valence-corrected chi connectivity index (χ3v) is 4.10. The zero-order valence-corrected chi connectivity index (χ0v) is 12.0. The smallest absolute Gasteiger partial charge is 0.134 e. The van der Waals surface area contributed by atoms with Gasteiger partial charge in [0.2, 0.25) is 0 Å². The Morgan fingerprint density at radius 1 is 1.39 bits per heavy atom. The van der Waals surface area contributed by atoms with E-state index in [0.29, 0.717) is 21.6 Å². The molecular weight excluding hydrogens is 289 g/mol. The van der Waals surface area contributed by atoms with Crippen molar-refractivity contribution in [3.05, 3.63) is 46.0 Å². The van der Waals surface area contributed by atoms with Gasteiger partial charge >= 0.3 is 0 Å². The summed E-state index contributed by atoms with van der Waals surface area (Å²) >= 11 is 13.8. The minimum Gasteiger partial charge on any atom is -0.397 e. The highest BCUT2D eigenvalue weighted by Gasteiger charge is 2.10. The van der Waals surface area contributed by atoms with Crippen LogP contribution in [0.3, 0.4) is 0 Å². The topological polar surface area (TPSA) is 51.8 Å². The predicted octanol–water partition coefficient (Wildman–Crippen LogP) is 3.97. The van der Waals surface area contributed by atoms with Gasteiger partial charge in [0, 0.05) is 33.1 Å². The van der Waals surface area contributed by atoms with E-state index in [4.69, 9.17) is 28.9 Å². The van der Waals surface area contributed by atoms with E-state index in [2.05, 4.69) is 9.97 Å². The van der Waals surface area contributed by atoms with Crippen LogP contribution in [0.1, 0.15) is 11.3 Å². The molecule has 94 valence electrons. The molecule has 3 nitrogen and oxygen atoms in total. The lowest BCUT2D eigenvalue weighted by atomic mass is 10.3. The van der Waals surface area contributed by atoms with Gasteiger partial charge in [-0.2, -0.15) is 0 Å². The average Bonchev–Trinajstić information content (AvgIpc) is 2.30. The van der Waals surface area contributed by atoms with E-state index in [0.717, 1.165) is 16.2 Å². The van der Waals surface area contributed by atoms with Gasteiger partial charge in [0.25, 0.3) is 0 Å². The van der Waals surface area contributed by atoms with E-state index in [1.165, 1.54) is 0 Å². The van der Waals surface area contributed by atoms with Gasteiger partial charge in [-0.3, -0.25) is 4.98 Å². The summed E-state index contributed by atoms with van der Waals surface area (Å²) in [6, 6.07) is 3.67. The van der Waals surface area contributed by atoms with Gasteiger partial charge in [-0.1, -0.05) is 23.2 Å². The van der Waals surface area contributed by atoms with Crippen LogP contribution in [0.15, 0.2) is 29.4 Å². The van der Waals surface area contributed by atoms with Crippen molar-refractivity contribution in [2.75, 3.05) is 5.73 Å². The second-order valence-corrected chi connectivity index (χ2v) is 5.50. The summed E-state index contributed by atoms with van der Waals surface area (Å²) in [6.45, 7) is 1.86. The molecule has 0 saturated heterocycles. The average molecular weight is 300 g/mol. The maximum absolute atomic E-state index is 6.16. The van der Waals surface area contributed by atoms with Gasteiger partial charge in [0.15, 0.2) is 0 Å². The lowest BCUT2D eigenvalue weighted by Crippen LogP contribution is -1.93. The number of pyridine rings is 2. The summed E-state index contributed by atoms with van der Waals surface area (Å²) < 4.78 is 0. The van der Waals surface area contributed by atoms with Crippen LogP contribution in [0.4, 0.5) is 5.69 Å². The molecule has 2 aromatic heterocycles.